The number of ether oxygens (including phenoxy) is 1. The van der Waals surface area contributed by atoms with Crippen LogP contribution in [0.5, 0.6) is 11.5 Å². The first-order chi connectivity index (χ1) is 15.8. The summed E-state index contributed by atoms with van der Waals surface area (Å²) in [5.74, 6) is -0.479. The minimum absolute atomic E-state index is 0.258. The van der Waals surface area contributed by atoms with E-state index < -0.39 is 17.5 Å². The molecule has 3 nitrogen and oxygen atoms in total. The Balaban J connectivity index is 1.90. The second kappa shape index (κ2) is 10.8. The van der Waals surface area contributed by atoms with E-state index in [1.807, 2.05) is 31.2 Å². The molecular formula is C27H23F3O3. The highest BCUT2D eigenvalue weighted by Crippen LogP contribution is 2.38. The Morgan fingerprint density at radius 2 is 1.64 bits per heavy atom. The number of hydrogen-bond acceptors (Lipinski definition) is 3. The molecule has 0 fully saturated rings. The zero-order chi connectivity index (χ0) is 23.8. The minimum Gasteiger partial charge on any atom is -0.457 e. The van der Waals surface area contributed by atoms with Crippen LogP contribution in [-0.4, -0.2) is 12.1 Å². The molecule has 0 N–H and O–H groups in total. The zero-order valence-electron chi connectivity index (χ0n) is 18.1. The highest BCUT2D eigenvalue weighted by atomic mass is 19.4. The van der Waals surface area contributed by atoms with E-state index >= 15 is 0 Å². The maximum absolute atomic E-state index is 13.2. The van der Waals surface area contributed by atoms with Gasteiger partial charge in [0, 0.05) is 5.57 Å². The number of aldehydes is 1. The fourth-order valence-corrected chi connectivity index (χ4v) is 3.54. The van der Waals surface area contributed by atoms with Crippen molar-refractivity contribution in [3.63, 3.8) is 0 Å². The van der Waals surface area contributed by atoms with E-state index in [0.717, 1.165) is 29.2 Å². The first-order valence-electron chi connectivity index (χ1n) is 10.5. The number of alkyl halides is 3. The Labute approximate surface area is 190 Å². The lowest BCUT2D eigenvalue weighted by atomic mass is 9.94. The van der Waals surface area contributed by atoms with Crippen LogP contribution in [0.4, 0.5) is 13.2 Å². The molecule has 6 heteroatoms. The molecular weight excluding hydrogens is 429 g/mol. The van der Waals surface area contributed by atoms with Crippen LogP contribution in [0.1, 0.15) is 37.3 Å². The molecule has 2 aromatic rings. The van der Waals surface area contributed by atoms with Gasteiger partial charge < -0.3 is 4.74 Å². The highest BCUT2D eigenvalue weighted by Gasteiger charge is 2.34. The number of carbonyl (C=O) groups is 2. The summed E-state index contributed by atoms with van der Waals surface area (Å²) in [7, 11) is 0. The fraction of sp³-hybridized carbons (Fsp3) is 0.185. The van der Waals surface area contributed by atoms with Crippen LogP contribution in [0.25, 0.3) is 5.57 Å². The third-order valence-corrected chi connectivity index (χ3v) is 5.19. The SMILES string of the molecule is CC=C/C=C(\C1=CC=C(C(=O)C=O)CCC1)c1ccc(Oc2ccccc2C(F)(F)F)cc1. The van der Waals surface area contributed by atoms with E-state index in [2.05, 4.69) is 0 Å². The molecule has 0 saturated heterocycles. The summed E-state index contributed by atoms with van der Waals surface area (Å²) >= 11 is 0. The zero-order valence-corrected chi connectivity index (χ0v) is 18.1. The molecule has 0 aliphatic heterocycles. The molecule has 0 heterocycles. The van der Waals surface area contributed by atoms with Gasteiger partial charge in [0.05, 0.1) is 5.56 Å². The van der Waals surface area contributed by atoms with Crippen LogP contribution < -0.4 is 4.74 Å². The van der Waals surface area contributed by atoms with Crippen LogP contribution in [0, 0.1) is 0 Å². The second-order valence-electron chi connectivity index (χ2n) is 7.45. The topological polar surface area (TPSA) is 43.4 Å². The number of hydrogen-bond donors (Lipinski definition) is 0. The summed E-state index contributed by atoms with van der Waals surface area (Å²) < 4.78 is 45.2. The number of halogens is 3. The summed E-state index contributed by atoms with van der Waals surface area (Å²) in [6, 6.07) is 11.9. The molecule has 1 aliphatic rings. The number of Topliss-reactive ketones (excluding diaryl/α,β-unsaturated/α-hetero) is 1. The molecule has 1 aliphatic carbocycles. The van der Waals surface area contributed by atoms with Crippen LogP contribution >= 0.6 is 0 Å². The lowest BCUT2D eigenvalue weighted by Crippen LogP contribution is -2.06. The van der Waals surface area contributed by atoms with Crippen LogP contribution in [0.2, 0.25) is 0 Å². The van der Waals surface area contributed by atoms with Gasteiger partial charge in [0.1, 0.15) is 11.5 Å². The molecule has 0 bridgehead atoms. The molecule has 3 rings (SSSR count). The van der Waals surface area contributed by atoms with Crippen molar-refractivity contribution in [3.8, 4) is 11.5 Å². The summed E-state index contributed by atoms with van der Waals surface area (Å²) in [6.07, 6.45) is 7.05. The number of allylic oxidation sites excluding steroid dienone is 8. The highest BCUT2D eigenvalue weighted by molar-refractivity contribution is 6.33. The van der Waals surface area contributed by atoms with Gasteiger partial charge in [0.25, 0.3) is 0 Å². The van der Waals surface area contributed by atoms with Gasteiger partial charge in [-0.15, -0.1) is 0 Å². The average molecular weight is 452 g/mol. The quantitative estimate of drug-likeness (QED) is 0.252. The number of benzene rings is 2. The van der Waals surface area contributed by atoms with E-state index in [1.54, 1.807) is 30.3 Å². The van der Waals surface area contributed by atoms with Crippen molar-refractivity contribution in [1.82, 2.24) is 0 Å². The maximum Gasteiger partial charge on any atom is 0.419 e. The summed E-state index contributed by atoms with van der Waals surface area (Å²) in [4.78, 5) is 22.6. The maximum atomic E-state index is 13.2. The van der Waals surface area contributed by atoms with Crippen molar-refractivity contribution < 1.29 is 27.5 Å². The monoisotopic (exact) mass is 452 g/mol. The van der Waals surface area contributed by atoms with Gasteiger partial charge in [0.15, 0.2) is 6.29 Å². The molecule has 0 aromatic heterocycles. The molecule has 0 unspecified atom stereocenters. The summed E-state index contributed by atoms with van der Waals surface area (Å²) in [6.45, 7) is 1.89. The van der Waals surface area contributed by atoms with Gasteiger partial charge in [0.2, 0.25) is 5.78 Å². The summed E-state index contributed by atoms with van der Waals surface area (Å²) in [5, 5.41) is 0. The standard InChI is InChI=1S/C27H23F3O3/c1-2-3-9-23(19-7-6-8-21(13-12-19)25(32)18-31)20-14-16-22(17-15-20)33-26-11-5-4-10-24(26)27(28,29)30/h2-5,9-18H,6-8H2,1H3/b3-2?,23-9+. The third-order valence-electron chi connectivity index (χ3n) is 5.19. The Morgan fingerprint density at radius 3 is 2.30 bits per heavy atom. The predicted molar refractivity (Wildman–Crippen MR) is 122 cm³/mol. The van der Waals surface area contributed by atoms with E-state index in [4.69, 9.17) is 4.74 Å². The van der Waals surface area contributed by atoms with Gasteiger partial charge in [-0.1, -0.05) is 54.6 Å². The van der Waals surface area contributed by atoms with Crippen molar-refractivity contribution in [2.24, 2.45) is 0 Å². The van der Waals surface area contributed by atoms with E-state index in [0.29, 0.717) is 24.7 Å². The fourth-order valence-electron chi connectivity index (χ4n) is 3.54. The van der Waals surface area contributed by atoms with Crippen LogP contribution in [0.3, 0.4) is 0 Å². The van der Waals surface area contributed by atoms with Crippen molar-refractivity contribution in [2.45, 2.75) is 32.4 Å². The molecule has 0 atom stereocenters. The van der Waals surface area contributed by atoms with Gasteiger partial charge in [-0.2, -0.15) is 13.2 Å². The Kier molecular flexibility index (Phi) is 7.83. The van der Waals surface area contributed by atoms with Gasteiger partial charge >= 0.3 is 6.18 Å². The lowest BCUT2D eigenvalue weighted by molar-refractivity contribution is -0.138. The van der Waals surface area contributed by atoms with E-state index in [9.17, 15) is 22.8 Å². The first kappa shape index (κ1) is 24.0. The molecule has 0 radical (unpaired) electrons. The molecule has 170 valence electrons. The lowest BCUT2D eigenvalue weighted by Gasteiger charge is -2.15. The van der Waals surface area contributed by atoms with Crippen molar-refractivity contribution >= 4 is 17.6 Å². The Hall–Kier alpha value is -3.67. The average Bonchev–Trinajstić information content (AvgIpc) is 3.06. The predicted octanol–water partition coefficient (Wildman–Crippen LogP) is 7.26. The molecule has 2 aromatic carbocycles. The first-order valence-corrected chi connectivity index (χ1v) is 10.5. The molecule has 0 saturated carbocycles. The largest absolute Gasteiger partial charge is 0.457 e. The Morgan fingerprint density at radius 1 is 0.970 bits per heavy atom. The van der Waals surface area contributed by atoms with E-state index in [-0.39, 0.29) is 11.5 Å². The van der Waals surface area contributed by atoms with Crippen LogP contribution in [0.15, 0.2) is 90.1 Å². The van der Waals surface area contributed by atoms with E-state index in [1.165, 1.54) is 18.2 Å². The van der Waals surface area contributed by atoms with Gasteiger partial charge in [-0.3, -0.25) is 9.59 Å². The van der Waals surface area contributed by atoms with Crippen molar-refractivity contribution in [1.29, 1.82) is 0 Å². The molecule has 0 spiro atoms. The molecule has 33 heavy (non-hydrogen) atoms. The second-order valence-corrected chi connectivity index (χ2v) is 7.45. The number of para-hydroxylation sites is 1. The van der Waals surface area contributed by atoms with Crippen molar-refractivity contribution in [3.05, 3.63) is 101 Å². The normalized spacial score (nSPS) is 15.0. The van der Waals surface area contributed by atoms with Crippen molar-refractivity contribution in [2.75, 3.05) is 0 Å². The van der Waals surface area contributed by atoms with Crippen LogP contribution in [-0.2, 0) is 15.8 Å². The Bertz CT molecular complexity index is 1130. The number of carbonyl (C=O) groups excluding carboxylic acids is 2. The number of ketones is 1. The van der Waals surface area contributed by atoms with Gasteiger partial charge in [-0.25, -0.2) is 0 Å². The summed E-state index contributed by atoms with van der Waals surface area (Å²) in [5.41, 5.74) is 2.43. The third kappa shape index (κ3) is 6.19. The van der Waals surface area contributed by atoms with Gasteiger partial charge in [-0.05, 0) is 67.2 Å². The smallest absolute Gasteiger partial charge is 0.419 e. The number of rotatable bonds is 7. The minimum atomic E-state index is -4.51. The molecule has 0 amide bonds.